The molecular formula is C12H20ClN3O. The number of nitrogens with one attached hydrogen (secondary N) is 1. The van der Waals surface area contributed by atoms with Crippen molar-refractivity contribution in [3.8, 4) is 5.75 Å². The highest BCUT2D eigenvalue weighted by Gasteiger charge is 2.17. The minimum Gasteiger partial charge on any atom is -0.506 e. The quantitative estimate of drug-likeness (QED) is 0.839. The lowest BCUT2D eigenvalue weighted by Crippen LogP contribution is -2.48. The molecule has 17 heavy (non-hydrogen) atoms. The van der Waals surface area contributed by atoms with Crippen molar-refractivity contribution < 1.29 is 5.11 Å². The molecule has 96 valence electrons. The third-order valence-corrected chi connectivity index (χ3v) is 2.92. The van der Waals surface area contributed by atoms with E-state index in [1.165, 1.54) is 0 Å². The zero-order chi connectivity index (χ0) is 11.5. The molecule has 0 aromatic carbocycles. The molecule has 5 heteroatoms. The van der Waals surface area contributed by atoms with Crippen molar-refractivity contribution in [2.45, 2.75) is 26.4 Å². The Hall–Kier alpha value is -0.840. The fourth-order valence-corrected chi connectivity index (χ4v) is 2.09. The van der Waals surface area contributed by atoms with E-state index in [1.54, 1.807) is 6.07 Å². The van der Waals surface area contributed by atoms with Gasteiger partial charge < -0.3 is 10.4 Å². The van der Waals surface area contributed by atoms with Crippen LogP contribution in [0, 0.1) is 6.92 Å². The van der Waals surface area contributed by atoms with Gasteiger partial charge in [0, 0.05) is 37.9 Å². The molecule has 2 rings (SSSR count). The average Bonchev–Trinajstić information content (AvgIpc) is 2.24. The summed E-state index contributed by atoms with van der Waals surface area (Å²) in [4.78, 5) is 6.70. The number of aryl methyl sites for hydroxylation is 1. The van der Waals surface area contributed by atoms with E-state index >= 15 is 0 Å². The molecule has 4 nitrogen and oxygen atoms in total. The number of piperazine rings is 1. The molecule has 1 aromatic rings. The molecule has 0 unspecified atom stereocenters. The third-order valence-electron chi connectivity index (χ3n) is 2.92. The highest BCUT2D eigenvalue weighted by molar-refractivity contribution is 5.85. The maximum atomic E-state index is 9.73. The Morgan fingerprint density at radius 1 is 1.53 bits per heavy atom. The fraction of sp³-hybridized carbons (Fsp3) is 0.583. The number of hydrogen-bond acceptors (Lipinski definition) is 4. The van der Waals surface area contributed by atoms with Crippen LogP contribution in [0.3, 0.4) is 0 Å². The van der Waals surface area contributed by atoms with E-state index < -0.39 is 0 Å². The van der Waals surface area contributed by atoms with Gasteiger partial charge in [0.2, 0.25) is 0 Å². The summed E-state index contributed by atoms with van der Waals surface area (Å²) >= 11 is 0. The summed E-state index contributed by atoms with van der Waals surface area (Å²) in [6.07, 6.45) is 0. The molecular weight excluding hydrogens is 238 g/mol. The molecule has 0 spiro atoms. The molecule has 1 fully saturated rings. The molecule has 1 saturated heterocycles. The first-order valence-electron chi connectivity index (χ1n) is 5.76. The van der Waals surface area contributed by atoms with Crippen LogP contribution in [0.1, 0.15) is 18.3 Å². The van der Waals surface area contributed by atoms with Crippen LogP contribution in [0.15, 0.2) is 12.1 Å². The van der Waals surface area contributed by atoms with Crippen LogP contribution in [0.2, 0.25) is 0 Å². The van der Waals surface area contributed by atoms with Crippen LogP contribution < -0.4 is 5.32 Å². The number of aromatic nitrogens is 1. The zero-order valence-corrected chi connectivity index (χ0v) is 11.1. The molecule has 1 atom stereocenters. The molecule has 2 N–H and O–H groups in total. The van der Waals surface area contributed by atoms with E-state index in [9.17, 15) is 5.11 Å². The minimum atomic E-state index is 0. The van der Waals surface area contributed by atoms with E-state index in [2.05, 4.69) is 22.1 Å². The van der Waals surface area contributed by atoms with Crippen molar-refractivity contribution in [2.24, 2.45) is 0 Å². The van der Waals surface area contributed by atoms with Crippen LogP contribution in [-0.4, -0.2) is 40.7 Å². The normalized spacial score (nSPS) is 20.9. The summed E-state index contributed by atoms with van der Waals surface area (Å²) in [5.41, 5.74) is 1.74. The maximum absolute atomic E-state index is 9.73. The van der Waals surface area contributed by atoms with Gasteiger partial charge in [-0.3, -0.25) is 9.88 Å². The number of pyridine rings is 1. The van der Waals surface area contributed by atoms with E-state index in [1.807, 2.05) is 13.0 Å². The second-order valence-electron chi connectivity index (χ2n) is 4.51. The van der Waals surface area contributed by atoms with Crippen LogP contribution >= 0.6 is 12.4 Å². The smallest absolute Gasteiger partial charge is 0.138 e. The Morgan fingerprint density at radius 2 is 2.29 bits per heavy atom. The van der Waals surface area contributed by atoms with Gasteiger partial charge in [-0.2, -0.15) is 0 Å². The summed E-state index contributed by atoms with van der Waals surface area (Å²) in [7, 11) is 0. The van der Waals surface area contributed by atoms with Crippen LogP contribution in [0.25, 0.3) is 0 Å². The molecule has 2 heterocycles. The second-order valence-corrected chi connectivity index (χ2v) is 4.51. The average molecular weight is 258 g/mol. The summed E-state index contributed by atoms with van der Waals surface area (Å²) < 4.78 is 0. The topological polar surface area (TPSA) is 48.4 Å². The Kier molecular flexibility index (Phi) is 5.18. The van der Waals surface area contributed by atoms with Crippen molar-refractivity contribution in [3.63, 3.8) is 0 Å². The van der Waals surface area contributed by atoms with Crippen molar-refractivity contribution in [2.75, 3.05) is 19.6 Å². The van der Waals surface area contributed by atoms with Crippen LogP contribution in [0.4, 0.5) is 0 Å². The predicted molar refractivity (Wildman–Crippen MR) is 70.6 cm³/mol. The monoisotopic (exact) mass is 257 g/mol. The van der Waals surface area contributed by atoms with Gasteiger partial charge in [-0.25, -0.2) is 0 Å². The summed E-state index contributed by atoms with van der Waals surface area (Å²) in [6.45, 7) is 7.89. The lowest BCUT2D eigenvalue weighted by molar-refractivity contribution is 0.195. The first kappa shape index (κ1) is 14.2. The predicted octanol–water partition coefficient (Wildman–Crippen LogP) is 1.31. The summed E-state index contributed by atoms with van der Waals surface area (Å²) in [5.74, 6) is 0.303. The molecule has 1 aliphatic rings. The molecule has 0 saturated carbocycles. The molecule has 0 bridgehead atoms. The Bertz CT molecular complexity index is 373. The van der Waals surface area contributed by atoms with Gasteiger partial charge in [-0.15, -0.1) is 12.4 Å². The van der Waals surface area contributed by atoms with Crippen molar-refractivity contribution in [3.05, 3.63) is 23.5 Å². The maximum Gasteiger partial charge on any atom is 0.138 e. The van der Waals surface area contributed by atoms with E-state index in [-0.39, 0.29) is 12.4 Å². The highest BCUT2D eigenvalue weighted by Crippen LogP contribution is 2.17. The first-order valence-corrected chi connectivity index (χ1v) is 5.76. The molecule has 1 aliphatic heterocycles. The van der Waals surface area contributed by atoms with Gasteiger partial charge in [0.1, 0.15) is 5.75 Å². The van der Waals surface area contributed by atoms with Crippen molar-refractivity contribution >= 4 is 12.4 Å². The Labute approximate surface area is 108 Å². The Balaban J connectivity index is 0.00000144. The van der Waals surface area contributed by atoms with Gasteiger partial charge >= 0.3 is 0 Å². The van der Waals surface area contributed by atoms with E-state index in [4.69, 9.17) is 0 Å². The minimum absolute atomic E-state index is 0. The van der Waals surface area contributed by atoms with Gasteiger partial charge in [0.15, 0.2) is 0 Å². The molecule has 1 aromatic heterocycles. The molecule has 0 amide bonds. The number of nitrogens with zero attached hydrogens (tertiary/aromatic N) is 2. The second kappa shape index (κ2) is 6.19. The van der Waals surface area contributed by atoms with Crippen molar-refractivity contribution in [1.82, 2.24) is 15.2 Å². The number of halogens is 1. The van der Waals surface area contributed by atoms with E-state index in [0.717, 1.165) is 37.6 Å². The SMILES string of the molecule is Cc1ccc(O)c(CN2CCN[C@@H](C)C2)n1.Cl. The number of aromatic hydroxyl groups is 1. The lowest BCUT2D eigenvalue weighted by Gasteiger charge is -2.31. The van der Waals surface area contributed by atoms with Crippen molar-refractivity contribution in [1.29, 1.82) is 0 Å². The van der Waals surface area contributed by atoms with Gasteiger partial charge in [-0.05, 0) is 26.0 Å². The van der Waals surface area contributed by atoms with E-state index in [0.29, 0.717) is 11.8 Å². The van der Waals surface area contributed by atoms with Gasteiger partial charge in [0.05, 0.1) is 5.69 Å². The standard InChI is InChI=1S/C12H19N3O.ClH/c1-9-3-4-12(16)11(14-9)8-15-6-5-13-10(2)7-15;/h3-4,10,13,16H,5-8H2,1-2H3;1H/t10-;/m0./s1. The molecule has 0 radical (unpaired) electrons. The molecule has 0 aliphatic carbocycles. The third kappa shape index (κ3) is 3.84. The zero-order valence-electron chi connectivity index (χ0n) is 10.3. The number of rotatable bonds is 2. The van der Waals surface area contributed by atoms with Gasteiger partial charge in [-0.1, -0.05) is 0 Å². The Morgan fingerprint density at radius 3 is 3.00 bits per heavy atom. The summed E-state index contributed by atoms with van der Waals surface area (Å²) in [6, 6.07) is 4.07. The fourth-order valence-electron chi connectivity index (χ4n) is 2.09. The largest absolute Gasteiger partial charge is 0.506 e. The highest BCUT2D eigenvalue weighted by atomic mass is 35.5. The van der Waals surface area contributed by atoms with Gasteiger partial charge in [0.25, 0.3) is 0 Å². The van der Waals surface area contributed by atoms with Crippen LogP contribution in [0.5, 0.6) is 5.75 Å². The van der Waals surface area contributed by atoms with Crippen LogP contribution in [-0.2, 0) is 6.54 Å². The first-order chi connectivity index (χ1) is 7.65. The lowest BCUT2D eigenvalue weighted by atomic mass is 10.2. The number of hydrogen-bond donors (Lipinski definition) is 2. The summed E-state index contributed by atoms with van der Waals surface area (Å²) in [5, 5.41) is 13.1.